The second-order valence-corrected chi connectivity index (χ2v) is 8.13. The summed E-state index contributed by atoms with van der Waals surface area (Å²) in [5.74, 6) is -0.824. The second-order valence-electron chi connectivity index (χ2n) is 7.69. The highest BCUT2D eigenvalue weighted by atomic mass is 35.5. The molecule has 1 unspecified atom stereocenters. The van der Waals surface area contributed by atoms with Gasteiger partial charge in [-0.15, -0.1) is 0 Å². The number of hydrogen-bond acceptors (Lipinski definition) is 3. The Labute approximate surface area is 183 Å². The Kier molecular flexibility index (Phi) is 6.69. The van der Waals surface area contributed by atoms with Crippen molar-refractivity contribution in [3.63, 3.8) is 0 Å². The van der Waals surface area contributed by atoms with Crippen molar-refractivity contribution < 1.29 is 18.0 Å². The molecule has 5 nitrogen and oxygen atoms in total. The van der Waals surface area contributed by atoms with Crippen LogP contribution in [0.5, 0.6) is 0 Å². The lowest BCUT2D eigenvalue weighted by molar-refractivity contribution is 0.0239. The van der Waals surface area contributed by atoms with Gasteiger partial charge in [-0.1, -0.05) is 23.7 Å². The van der Waals surface area contributed by atoms with Crippen LogP contribution in [0.4, 0.5) is 13.2 Å². The van der Waals surface area contributed by atoms with E-state index in [1.165, 1.54) is 12.1 Å². The fourth-order valence-corrected chi connectivity index (χ4v) is 3.09. The van der Waals surface area contributed by atoms with Gasteiger partial charge >= 0.3 is 0 Å². The van der Waals surface area contributed by atoms with Crippen molar-refractivity contribution >= 4 is 17.5 Å². The Morgan fingerprint density at radius 2 is 1.81 bits per heavy atom. The summed E-state index contributed by atoms with van der Waals surface area (Å²) in [7, 11) is 0. The number of pyridine rings is 1. The molecular formula is C22H22ClF3N4O. The zero-order valence-corrected chi connectivity index (χ0v) is 18.0. The van der Waals surface area contributed by atoms with Crippen LogP contribution in [0.25, 0.3) is 22.6 Å². The van der Waals surface area contributed by atoms with E-state index in [1.54, 1.807) is 41.2 Å². The summed E-state index contributed by atoms with van der Waals surface area (Å²) < 4.78 is 41.6. The molecular weight excluding hydrogens is 429 g/mol. The van der Waals surface area contributed by atoms with Crippen molar-refractivity contribution in [3.05, 3.63) is 59.2 Å². The van der Waals surface area contributed by atoms with E-state index in [0.29, 0.717) is 27.7 Å². The molecule has 1 atom stereocenters. The molecule has 0 saturated heterocycles. The lowest BCUT2D eigenvalue weighted by atomic mass is 10.0. The Bertz CT molecular complexity index is 1070. The predicted octanol–water partition coefficient (Wildman–Crippen LogP) is 5.57. The molecule has 31 heavy (non-hydrogen) atoms. The average Bonchev–Trinajstić information content (AvgIpc) is 3.24. The van der Waals surface area contributed by atoms with Crippen LogP contribution < -0.4 is 5.32 Å². The number of amides is 1. The van der Waals surface area contributed by atoms with Crippen LogP contribution in [-0.2, 0) is 0 Å². The molecule has 2 aromatic heterocycles. The highest BCUT2D eigenvalue weighted by Gasteiger charge is 2.37. The van der Waals surface area contributed by atoms with E-state index in [4.69, 9.17) is 11.6 Å². The van der Waals surface area contributed by atoms with Gasteiger partial charge in [0.15, 0.2) is 0 Å². The van der Waals surface area contributed by atoms with Crippen LogP contribution in [0.15, 0.2) is 48.7 Å². The molecule has 0 aliphatic heterocycles. The lowest BCUT2D eigenvalue weighted by Gasteiger charge is -2.26. The van der Waals surface area contributed by atoms with Crippen molar-refractivity contribution in [3.8, 4) is 22.6 Å². The number of carbonyl (C=O) groups is 1. The van der Waals surface area contributed by atoms with Crippen LogP contribution in [0.1, 0.15) is 37.2 Å². The van der Waals surface area contributed by atoms with Gasteiger partial charge in [-0.2, -0.15) is 5.10 Å². The largest absolute Gasteiger partial charge is 0.339 e. The summed E-state index contributed by atoms with van der Waals surface area (Å²) in [6.45, 7) is 3.45. The molecule has 0 aliphatic carbocycles. The van der Waals surface area contributed by atoms with Crippen LogP contribution in [0.3, 0.4) is 0 Å². The van der Waals surface area contributed by atoms with Crippen LogP contribution in [0, 0.1) is 0 Å². The van der Waals surface area contributed by atoms with Gasteiger partial charge in [0.1, 0.15) is 12.2 Å². The maximum Gasteiger partial charge on any atom is 0.263 e. The predicted molar refractivity (Wildman–Crippen MR) is 114 cm³/mol. The molecule has 0 fully saturated rings. The smallest absolute Gasteiger partial charge is 0.263 e. The van der Waals surface area contributed by atoms with Gasteiger partial charge in [0.25, 0.3) is 12.3 Å². The Morgan fingerprint density at radius 1 is 1.16 bits per heavy atom. The van der Waals surface area contributed by atoms with Crippen molar-refractivity contribution in [2.24, 2.45) is 0 Å². The maximum absolute atomic E-state index is 13.3. The number of alkyl halides is 3. The summed E-state index contributed by atoms with van der Waals surface area (Å²) in [5.41, 5.74) is -0.00916. The van der Waals surface area contributed by atoms with Gasteiger partial charge < -0.3 is 5.32 Å². The first kappa shape index (κ1) is 22.8. The van der Waals surface area contributed by atoms with Crippen molar-refractivity contribution in [2.75, 3.05) is 6.67 Å². The molecule has 0 spiro atoms. The van der Waals surface area contributed by atoms with Crippen molar-refractivity contribution in [1.82, 2.24) is 20.1 Å². The lowest BCUT2D eigenvalue weighted by Crippen LogP contribution is -2.53. The second kappa shape index (κ2) is 9.09. The summed E-state index contributed by atoms with van der Waals surface area (Å²) in [5, 5.41) is 6.94. The van der Waals surface area contributed by atoms with Gasteiger partial charge in [-0.3, -0.25) is 9.48 Å². The summed E-state index contributed by atoms with van der Waals surface area (Å²) in [6.07, 6.45) is -1.45. The minimum Gasteiger partial charge on any atom is -0.339 e. The van der Waals surface area contributed by atoms with E-state index in [1.807, 2.05) is 13.8 Å². The number of nitrogens with zero attached hydrogens (tertiary/aromatic N) is 3. The summed E-state index contributed by atoms with van der Waals surface area (Å²) in [4.78, 5) is 17.5. The minimum absolute atomic E-state index is 0.0249. The van der Waals surface area contributed by atoms with Crippen LogP contribution >= 0.6 is 11.6 Å². The molecule has 3 aromatic rings. The fraction of sp³-hybridized carbons (Fsp3) is 0.318. The molecule has 0 radical (unpaired) electrons. The molecule has 9 heteroatoms. The number of carbonyl (C=O) groups excluding carboxylic acids is 1. The minimum atomic E-state index is -3.07. The van der Waals surface area contributed by atoms with Crippen molar-refractivity contribution in [1.29, 1.82) is 0 Å². The first-order chi connectivity index (χ1) is 14.6. The van der Waals surface area contributed by atoms with Gasteiger partial charge in [-0.25, -0.2) is 18.2 Å². The molecule has 0 saturated carbocycles. The summed E-state index contributed by atoms with van der Waals surface area (Å²) in [6, 6.07) is 11.6. The van der Waals surface area contributed by atoms with Crippen LogP contribution in [-0.4, -0.2) is 39.3 Å². The standard InChI is InChI=1S/C22H22ClF3N4O/c1-13(2)30-19(8-9-27-30)18-11-15(20(31)29-22(3,12-24)21(25)26)10-17(28-18)14-4-6-16(23)7-5-14/h4-11,13,21H,12H2,1-3H3,(H,29,31). The first-order valence-corrected chi connectivity index (χ1v) is 10.0. The quantitative estimate of drug-likeness (QED) is 0.512. The Hall–Kier alpha value is -2.87. The number of halogens is 4. The molecule has 1 N–H and O–H groups in total. The molecule has 1 amide bonds. The average molecular weight is 451 g/mol. The van der Waals surface area contributed by atoms with Crippen molar-refractivity contribution in [2.45, 2.75) is 38.8 Å². The highest BCUT2D eigenvalue weighted by Crippen LogP contribution is 2.28. The molecule has 0 aliphatic rings. The third kappa shape index (κ3) is 4.90. The number of hydrogen-bond donors (Lipinski definition) is 1. The molecule has 0 bridgehead atoms. The molecule has 1 aromatic carbocycles. The van der Waals surface area contributed by atoms with E-state index in [-0.39, 0.29) is 11.6 Å². The zero-order valence-electron chi connectivity index (χ0n) is 17.2. The van der Waals surface area contributed by atoms with E-state index in [0.717, 1.165) is 6.92 Å². The normalized spacial score (nSPS) is 13.5. The fourth-order valence-electron chi connectivity index (χ4n) is 2.97. The van der Waals surface area contributed by atoms with Gasteiger partial charge in [-0.05, 0) is 51.1 Å². The number of rotatable bonds is 7. The first-order valence-electron chi connectivity index (χ1n) is 9.63. The van der Waals surface area contributed by atoms with E-state index < -0.39 is 24.5 Å². The van der Waals surface area contributed by atoms with Crippen LogP contribution in [0.2, 0.25) is 5.02 Å². The maximum atomic E-state index is 13.3. The number of aromatic nitrogens is 3. The summed E-state index contributed by atoms with van der Waals surface area (Å²) >= 11 is 5.96. The Balaban J connectivity index is 2.12. The van der Waals surface area contributed by atoms with E-state index >= 15 is 0 Å². The van der Waals surface area contributed by atoms with Gasteiger partial charge in [0, 0.05) is 28.4 Å². The van der Waals surface area contributed by atoms with Gasteiger partial charge in [0.05, 0.1) is 17.1 Å². The van der Waals surface area contributed by atoms with Gasteiger partial charge in [0.2, 0.25) is 0 Å². The Morgan fingerprint density at radius 3 is 2.39 bits per heavy atom. The monoisotopic (exact) mass is 450 g/mol. The SMILES string of the molecule is CC(C)n1nccc1-c1cc(C(=O)NC(C)(CF)C(F)F)cc(-c2ccc(Cl)cc2)n1. The third-order valence-corrected chi connectivity index (χ3v) is 5.06. The number of nitrogens with one attached hydrogen (secondary N) is 1. The molecule has 3 rings (SSSR count). The van der Waals surface area contributed by atoms with E-state index in [9.17, 15) is 18.0 Å². The number of benzene rings is 1. The third-order valence-electron chi connectivity index (χ3n) is 4.81. The highest BCUT2D eigenvalue weighted by molar-refractivity contribution is 6.30. The zero-order chi connectivity index (χ0) is 22.8. The van der Waals surface area contributed by atoms with E-state index in [2.05, 4.69) is 15.4 Å². The molecule has 164 valence electrons. The molecule has 2 heterocycles. The topological polar surface area (TPSA) is 59.8 Å².